The van der Waals surface area contributed by atoms with Crippen molar-refractivity contribution < 1.29 is 18.3 Å². The van der Waals surface area contributed by atoms with Gasteiger partial charge in [-0.05, 0) is 44.2 Å². The maximum atomic E-state index is 12.6. The molecular weight excluding hydrogens is 316 g/mol. The van der Waals surface area contributed by atoms with Gasteiger partial charge in [0.15, 0.2) is 0 Å². The van der Waals surface area contributed by atoms with E-state index in [1.165, 1.54) is 10.8 Å². The average molecular weight is 340 g/mol. The number of allylic oxidation sites excluding steroid dienone is 1. The smallest absolute Gasteiger partial charge is 0.332 e. The van der Waals surface area contributed by atoms with Gasteiger partial charge in [0.05, 0.1) is 5.57 Å². The normalized spacial score (nSPS) is 18.5. The van der Waals surface area contributed by atoms with Crippen molar-refractivity contribution in [3.05, 3.63) is 35.7 Å². The maximum Gasteiger partial charge on any atom is 0.332 e. The van der Waals surface area contributed by atoms with Crippen LogP contribution in [0.15, 0.2) is 30.0 Å². The Kier molecular flexibility index (Phi) is 5.87. The number of carboxylic acids is 1. The predicted molar refractivity (Wildman–Crippen MR) is 89.3 cm³/mol. The summed E-state index contributed by atoms with van der Waals surface area (Å²) in [7, 11) is -3.79. The van der Waals surface area contributed by atoms with Crippen LogP contribution in [0.2, 0.25) is 0 Å². The molecule has 0 aromatic carbocycles. The zero-order valence-corrected chi connectivity index (χ0v) is 14.2. The molecular formula is C16H24N2O4S. The highest BCUT2D eigenvalue weighted by Crippen LogP contribution is 2.25. The van der Waals surface area contributed by atoms with E-state index in [0.29, 0.717) is 19.3 Å². The summed E-state index contributed by atoms with van der Waals surface area (Å²) in [6, 6.07) is 3.67. The zero-order chi connectivity index (χ0) is 16.9. The van der Waals surface area contributed by atoms with Gasteiger partial charge in [0.25, 0.3) is 10.0 Å². The first-order chi connectivity index (χ1) is 11.0. The Morgan fingerprint density at radius 1 is 1.43 bits per heavy atom. The summed E-state index contributed by atoms with van der Waals surface area (Å²) in [5.74, 6) is -1.16. The molecule has 23 heavy (non-hydrogen) atoms. The van der Waals surface area contributed by atoms with E-state index in [0.717, 1.165) is 31.4 Å². The van der Waals surface area contributed by atoms with Crippen molar-refractivity contribution in [1.82, 2.24) is 4.68 Å². The third-order valence-electron chi connectivity index (χ3n) is 4.10. The number of rotatable bonds is 8. The van der Waals surface area contributed by atoms with E-state index in [9.17, 15) is 18.3 Å². The van der Waals surface area contributed by atoms with E-state index in [4.69, 9.17) is 0 Å². The summed E-state index contributed by atoms with van der Waals surface area (Å²) >= 11 is 0. The number of aliphatic carboxylic acids is 1. The van der Waals surface area contributed by atoms with Crippen molar-refractivity contribution in [3.63, 3.8) is 0 Å². The molecule has 2 N–H and O–H groups in total. The summed E-state index contributed by atoms with van der Waals surface area (Å²) in [6.45, 7) is 2.12. The van der Waals surface area contributed by atoms with E-state index >= 15 is 0 Å². The highest BCUT2D eigenvalue weighted by molar-refractivity contribution is 7.93. The average Bonchev–Trinajstić information content (AvgIpc) is 2.94. The number of sulfonamides is 1. The number of aromatic nitrogens is 1. The third kappa shape index (κ3) is 4.37. The summed E-state index contributed by atoms with van der Waals surface area (Å²) in [5.41, 5.74) is 0.863. The lowest BCUT2D eigenvalue weighted by atomic mass is 9.99. The fraction of sp³-hybridized carbons (Fsp3) is 0.562. The van der Waals surface area contributed by atoms with Crippen molar-refractivity contribution >= 4 is 16.0 Å². The van der Waals surface area contributed by atoms with Gasteiger partial charge in [-0.3, -0.25) is 4.68 Å². The Labute approximate surface area is 137 Å². The van der Waals surface area contributed by atoms with Crippen LogP contribution < -0.4 is 4.83 Å². The molecule has 1 aromatic heterocycles. The molecule has 0 spiro atoms. The van der Waals surface area contributed by atoms with Gasteiger partial charge in [-0.2, -0.15) is 0 Å². The number of hydrogen-bond acceptors (Lipinski definition) is 3. The van der Waals surface area contributed by atoms with Crippen LogP contribution >= 0.6 is 0 Å². The van der Waals surface area contributed by atoms with Gasteiger partial charge in [0.2, 0.25) is 0 Å². The van der Waals surface area contributed by atoms with Gasteiger partial charge in [0.1, 0.15) is 5.25 Å². The first-order valence-electron chi connectivity index (χ1n) is 8.07. The Morgan fingerprint density at radius 3 is 2.91 bits per heavy atom. The number of nitrogens with zero attached hydrogens (tertiary/aromatic N) is 1. The number of carboxylic acid groups (broad SMARTS) is 1. The molecule has 0 fully saturated rings. The summed E-state index contributed by atoms with van der Waals surface area (Å²) < 4.78 is 26.7. The first kappa shape index (κ1) is 17.6. The van der Waals surface area contributed by atoms with Crippen LogP contribution in [0.5, 0.6) is 0 Å². The monoisotopic (exact) mass is 340 g/mol. The van der Waals surface area contributed by atoms with Crippen LogP contribution in [0, 0.1) is 0 Å². The number of aryl methyl sites for hydroxylation is 1. The standard InChI is InChI=1S/C16H24N2O4S/c1-2-3-4-8-13-9-7-12-18(13)17-23(21,22)15-11-6-5-10-14(15)16(19)20/h7,9-10,12,15,17H,2-6,8,11H2,1H3,(H,19,20). The van der Waals surface area contributed by atoms with Gasteiger partial charge in [-0.15, -0.1) is 0 Å². The molecule has 1 atom stereocenters. The first-order valence-corrected chi connectivity index (χ1v) is 9.61. The molecule has 128 valence electrons. The minimum atomic E-state index is -3.79. The lowest BCUT2D eigenvalue weighted by Crippen LogP contribution is -2.37. The van der Waals surface area contributed by atoms with Gasteiger partial charge in [-0.1, -0.05) is 25.8 Å². The van der Waals surface area contributed by atoms with E-state index in [2.05, 4.69) is 11.8 Å². The van der Waals surface area contributed by atoms with E-state index in [-0.39, 0.29) is 5.57 Å². The maximum absolute atomic E-state index is 12.6. The second kappa shape index (κ2) is 7.68. The van der Waals surface area contributed by atoms with Crippen molar-refractivity contribution in [2.45, 2.75) is 57.1 Å². The molecule has 1 unspecified atom stereocenters. The molecule has 0 radical (unpaired) electrons. The highest BCUT2D eigenvalue weighted by atomic mass is 32.2. The van der Waals surface area contributed by atoms with Crippen LogP contribution in [0.3, 0.4) is 0 Å². The SMILES string of the molecule is CCCCCc1cccn1NS(=O)(=O)C1CCCC=C1C(=O)O. The number of carbonyl (C=O) groups is 1. The zero-order valence-electron chi connectivity index (χ0n) is 13.4. The van der Waals surface area contributed by atoms with Crippen molar-refractivity contribution in [3.8, 4) is 0 Å². The molecule has 0 aliphatic heterocycles. The lowest BCUT2D eigenvalue weighted by molar-refractivity contribution is -0.132. The molecule has 6 nitrogen and oxygen atoms in total. The largest absolute Gasteiger partial charge is 0.478 e. The van der Waals surface area contributed by atoms with Crippen LogP contribution in [0.1, 0.15) is 51.1 Å². The van der Waals surface area contributed by atoms with Gasteiger partial charge >= 0.3 is 5.97 Å². The van der Waals surface area contributed by atoms with Crippen molar-refractivity contribution in [1.29, 1.82) is 0 Å². The van der Waals surface area contributed by atoms with Crippen LogP contribution in [0.25, 0.3) is 0 Å². The second-order valence-electron chi connectivity index (χ2n) is 5.85. The molecule has 2 rings (SSSR count). The van der Waals surface area contributed by atoms with E-state index in [1.807, 2.05) is 6.07 Å². The quantitative estimate of drug-likeness (QED) is 0.712. The topological polar surface area (TPSA) is 88.4 Å². The van der Waals surface area contributed by atoms with Crippen LogP contribution in [-0.4, -0.2) is 29.4 Å². The van der Waals surface area contributed by atoms with E-state index in [1.54, 1.807) is 12.3 Å². The van der Waals surface area contributed by atoms with Crippen molar-refractivity contribution in [2.24, 2.45) is 0 Å². The van der Waals surface area contributed by atoms with E-state index < -0.39 is 21.2 Å². The number of nitrogens with one attached hydrogen (secondary N) is 1. The minimum absolute atomic E-state index is 0.0246. The van der Waals surface area contributed by atoms with Crippen LogP contribution in [0.4, 0.5) is 0 Å². The summed E-state index contributed by atoms with van der Waals surface area (Å²) in [5, 5.41) is 8.23. The molecule has 0 saturated carbocycles. The predicted octanol–water partition coefficient (Wildman–Crippen LogP) is 2.66. The Morgan fingerprint density at radius 2 is 2.22 bits per heavy atom. The Balaban J connectivity index is 2.15. The third-order valence-corrected chi connectivity index (χ3v) is 5.79. The highest BCUT2D eigenvalue weighted by Gasteiger charge is 2.34. The fourth-order valence-electron chi connectivity index (χ4n) is 2.86. The van der Waals surface area contributed by atoms with Gasteiger partial charge in [0, 0.05) is 11.9 Å². The molecule has 1 aliphatic carbocycles. The lowest BCUT2D eigenvalue weighted by Gasteiger charge is -2.23. The molecule has 0 saturated heterocycles. The summed E-state index contributed by atoms with van der Waals surface area (Å²) in [4.78, 5) is 13.8. The molecule has 1 aromatic rings. The Bertz CT molecular complexity index is 676. The molecule has 0 amide bonds. The van der Waals surface area contributed by atoms with Crippen LogP contribution in [-0.2, 0) is 21.2 Å². The number of hydrogen-bond donors (Lipinski definition) is 2. The Hall–Kier alpha value is -1.76. The van der Waals surface area contributed by atoms with Gasteiger partial charge < -0.3 is 5.11 Å². The summed E-state index contributed by atoms with van der Waals surface area (Å²) in [6.07, 6.45) is 8.77. The van der Waals surface area contributed by atoms with Gasteiger partial charge in [-0.25, -0.2) is 18.0 Å². The number of unbranched alkanes of at least 4 members (excludes halogenated alkanes) is 2. The fourth-order valence-corrected chi connectivity index (χ4v) is 4.45. The molecule has 0 bridgehead atoms. The van der Waals surface area contributed by atoms with Crippen molar-refractivity contribution in [2.75, 3.05) is 4.83 Å². The minimum Gasteiger partial charge on any atom is -0.478 e. The molecule has 1 heterocycles. The second-order valence-corrected chi connectivity index (χ2v) is 7.69. The molecule has 7 heteroatoms. The molecule has 1 aliphatic rings.